The van der Waals surface area contributed by atoms with Crippen LogP contribution in [0.5, 0.6) is 0 Å². The Hall–Kier alpha value is -3.99. The Kier molecular flexibility index (Phi) is 6.57. The van der Waals surface area contributed by atoms with Gasteiger partial charge in [-0.15, -0.1) is 0 Å². The highest BCUT2D eigenvalue weighted by atomic mass is 16.5. The van der Waals surface area contributed by atoms with Crippen LogP contribution >= 0.6 is 0 Å². The summed E-state index contributed by atoms with van der Waals surface area (Å²) in [7, 11) is 0. The molecule has 2 aliphatic rings. The minimum absolute atomic E-state index is 0.00386. The van der Waals surface area contributed by atoms with Gasteiger partial charge in [0.05, 0.1) is 18.1 Å². The molecule has 5 nitrogen and oxygen atoms in total. The molecule has 0 bridgehead atoms. The Morgan fingerprint density at radius 3 is 2.40 bits per heavy atom. The molecule has 0 saturated carbocycles. The molecule has 2 aromatic carbocycles. The number of esters is 1. The predicted octanol–water partition coefficient (Wildman–Crippen LogP) is 5.09. The van der Waals surface area contributed by atoms with Crippen LogP contribution in [0.4, 0.5) is 0 Å². The van der Waals surface area contributed by atoms with E-state index < -0.39 is 17.8 Å². The maximum Gasteiger partial charge on any atom is 0.336 e. The van der Waals surface area contributed by atoms with Gasteiger partial charge in [-0.3, -0.25) is 9.78 Å². The van der Waals surface area contributed by atoms with E-state index in [0.717, 1.165) is 22.4 Å². The lowest BCUT2D eigenvalue weighted by Gasteiger charge is -2.39. The third-order valence-electron chi connectivity index (χ3n) is 6.82. The lowest BCUT2D eigenvalue weighted by molar-refractivity contribution is -0.139. The second-order valence-electron chi connectivity index (χ2n) is 9.09. The molecule has 1 aliphatic carbocycles. The van der Waals surface area contributed by atoms with Gasteiger partial charge in [-0.2, -0.15) is 0 Å². The zero-order valence-corrected chi connectivity index (χ0v) is 19.7. The summed E-state index contributed by atoms with van der Waals surface area (Å²) in [6, 6.07) is 23.8. The van der Waals surface area contributed by atoms with Crippen LogP contribution in [-0.2, 0) is 20.7 Å². The molecule has 0 fully saturated rings. The van der Waals surface area contributed by atoms with Crippen molar-refractivity contribution in [2.45, 2.75) is 31.6 Å². The predicted molar refractivity (Wildman–Crippen MR) is 134 cm³/mol. The number of nitrogens with one attached hydrogen (secondary N) is 1. The number of pyridine rings is 1. The SMILES string of the molecule is CC1=C(C(=O)OCCc2ccccc2)C(c2cccnc2)C2C(=O)CC(c3ccccc3)C=C2N1. The monoisotopic (exact) mass is 464 g/mol. The first kappa shape index (κ1) is 22.8. The van der Waals surface area contributed by atoms with E-state index in [0.29, 0.717) is 24.1 Å². The van der Waals surface area contributed by atoms with Crippen LogP contribution in [0, 0.1) is 5.92 Å². The first-order valence-corrected chi connectivity index (χ1v) is 12.0. The summed E-state index contributed by atoms with van der Waals surface area (Å²) in [5, 5.41) is 3.39. The van der Waals surface area contributed by atoms with Crippen molar-refractivity contribution in [2.75, 3.05) is 6.61 Å². The summed E-state index contributed by atoms with van der Waals surface area (Å²) in [5.41, 5.74) is 5.12. The second-order valence-corrected chi connectivity index (χ2v) is 9.09. The fourth-order valence-corrected chi connectivity index (χ4v) is 5.16. The van der Waals surface area contributed by atoms with Crippen molar-refractivity contribution in [1.82, 2.24) is 10.3 Å². The molecular formula is C30H28N2O3. The number of carbonyl (C=O) groups excluding carboxylic acids is 2. The summed E-state index contributed by atoms with van der Waals surface area (Å²) in [6.45, 7) is 2.15. The fraction of sp³-hybridized carbons (Fsp3) is 0.233. The lowest BCUT2D eigenvalue weighted by atomic mass is 9.69. The van der Waals surface area contributed by atoms with Crippen molar-refractivity contribution < 1.29 is 14.3 Å². The van der Waals surface area contributed by atoms with Gasteiger partial charge in [0, 0.05) is 48.5 Å². The van der Waals surface area contributed by atoms with Gasteiger partial charge in [-0.1, -0.05) is 72.8 Å². The normalized spacial score (nSPS) is 21.6. The molecule has 3 atom stereocenters. The van der Waals surface area contributed by atoms with Gasteiger partial charge in [0.2, 0.25) is 0 Å². The number of carbonyl (C=O) groups is 2. The highest BCUT2D eigenvalue weighted by molar-refractivity contribution is 5.96. The van der Waals surface area contributed by atoms with E-state index in [4.69, 9.17) is 4.74 Å². The largest absolute Gasteiger partial charge is 0.462 e. The molecule has 176 valence electrons. The summed E-state index contributed by atoms with van der Waals surface area (Å²) < 4.78 is 5.73. The molecule has 5 rings (SSSR count). The molecule has 3 unspecified atom stereocenters. The first-order chi connectivity index (χ1) is 17.1. The molecular weight excluding hydrogens is 436 g/mol. The number of benzene rings is 2. The van der Waals surface area contributed by atoms with E-state index in [1.807, 2.05) is 67.6 Å². The highest BCUT2D eigenvalue weighted by Crippen LogP contribution is 2.46. The number of hydrogen-bond acceptors (Lipinski definition) is 5. The molecule has 1 N–H and O–H groups in total. The average Bonchev–Trinajstić information content (AvgIpc) is 2.89. The smallest absolute Gasteiger partial charge is 0.336 e. The van der Waals surface area contributed by atoms with Crippen LogP contribution in [-0.4, -0.2) is 23.3 Å². The third-order valence-corrected chi connectivity index (χ3v) is 6.82. The van der Waals surface area contributed by atoms with Crippen molar-refractivity contribution in [3.63, 3.8) is 0 Å². The van der Waals surface area contributed by atoms with Gasteiger partial charge in [-0.05, 0) is 29.7 Å². The summed E-state index contributed by atoms with van der Waals surface area (Å²) >= 11 is 0. The highest BCUT2D eigenvalue weighted by Gasteiger charge is 2.45. The number of rotatable bonds is 6. The Balaban J connectivity index is 1.47. The van der Waals surface area contributed by atoms with Crippen molar-refractivity contribution in [3.05, 3.63) is 125 Å². The standard InChI is InChI=1S/C30H28N2O3/c1-20-27(30(34)35-16-14-21-9-4-2-5-10-21)28(23-13-8-15-31-19-23)29-25(32-20)17-24(18-26(29)33)22-11-6-3-7-12-22/h2-13,15,17,19,24,28-29,32H,14,16,18H2,1H3. The second kappa shape index (κ2) is 10.1. The molecule has 0 radical (unpaired) electrons. The van der Waals surface area contributed by atoms with Crippen molar-refractivity contribution >= 4 is 11.8 Å². The fourth-order valence-electron chi connectivity index (χ4n) is 5.16. The quantitative estimate of drug-likeness (QED) is 0.515. The van der Waals surface area contributed by atoms with Crippen LogP contribution < -0.4 is 5.32 Å². The zero-order valence-electron chi connectivity index (χ0n) is 19.7. The van der Waals surface area contributed by atoms with Gasteiger partial charge >= 0.3 is 5.97 Å². The summed E-state index contributed by atoms with van der Waals surface area (Å²) in [6.07, 6.45) is 6.62. The van der Waals surface area contributed by atoms with Crippen molar-refractivity contribution in [3.8, 4) is 0 Å². The first-order valence-electron chi connectivity index (χ1n) is 12.0. The maximum absolute atomic E-state index is 13.6. The number of aromatic nitrogens is 1. The number of ether oxygens (including phenoxy) is 1. The van der Waals surface area contributed by atoms with Crippen LogP contribution in [0.3, 0.4) is 0 Å². The van der Waals surface area contributed by atoms with E-state index in [1.165, 1.54) is 0 Å². The van der Waals surface area contributed by atoms with Gasteiger partial charge in [-0.25, -0.2) is 4.79 Å². The van der Waals surface area contributed by atoms with Crippen LogP contribution in [0.15, 0.2) is 108 Å². The van der Waals surface area contributed by atoms with Gasteiger partial charge in [0.15, 0.2) is 0 Å². The number of nitrogens with zero attached hydrogens (tertiary/aromatic N) is 1. The molecule has 0 spiro atoms. The van der Waals surface area contributed by atoms with Crippen LogP contribution in [0.25, 0.3) is 0 Å². The Bertz CT molecular complexity index is 1270. The van der Waals surface area contributed by atoms with E-state index in [-0.39, 0.29) is 18.3 Å². The Morgan fingerprint density at radius 2 is 1.69 bits per heavy atom. The Labute approximate surface area is 205 Å². The Morgan fingerprint density at radius 1 is 0.971 bits per heavy atom. The number of Topliss-reactive ketones (excluding diaryl/α,β-unsaturated/α-hetero) is 1. The molecule has 1 aromatic heterocycles. The summed E-state index contributed by atoms with van der Waals surface area (Å²) in [4.78, 5) is 31.3. The van der Waals surface area contributed by atoms with Crippen molar-refractivity contribution in [2.24, 2.45) is 5.92 Å². The van der Waals surface area contributed by atoms with Crippen LogP contribution in [0.1, 0.15) is 41.9 Å². The van der Waals surface area contributed by atoms with E-state index >= 15 is 0 Å². The molecule has 0 saturated heterocycles. The lowest BCUT2D eigenvalue weighted by Crippen LogP contribution is -2.42. The third kappa shape index (κ3) is 4.80. The average molecular weight is 465 g/mol. The van der Waals surface area contributed by atoms with Gasteiger partial charge in [0.25, 0.3) is 0 Å². The van der Waals surface area contributed by atoms with Gasteiger partial charge < -0.3 is 10.1 Å². The zero-order chi connectivity index (χ0) is 24.2. The maximum atomic E-state index is 13.6. The number of ketones is 1. The van der Waals surface area contributed by atoms with E-state index in [2.05, 4.69) is 28.5 Å². The minimum Gasteiger partial charge on any atom is -0.462 e. The van der Waals surface area contributed by atoms with Crippen LogP contribution in [0.2, 0.25) is 0 Å². The van der Waals surface area contributed by atoms with E-state index in [9.17, 15) is 9.59 Å². The van der Waals surface area contributed by atoms with Crippen molar-refractivity contribution in [1.29, 1.82) is 0 Å². The number of hydrogen-bond donors (Lipinski definition) is 1. The molecule has 2 heterocycles. The van der Waals surface area contributed by atoms with E-state index in [1.54, 1.807) is 12.4 Å². The molecule has 3 aromatic rings. The number of fused-ring (bicyclic) bond motifs is 1. The molecule has 1 aliphatic heterocycles. The molecule has 5 heteroatoms. The molecule has 35 heavy (non-hydrogen) atoms. The minimum atomic E-state index is -0.473. The topological polar surface area (TPSA) is 68.3 Å². The summed E-state index contributed by atoms with van der Waals surface area (Å²) in [5.74, 6) is -1.19. The van der Waals surface area contributed by atoms with Gasteiger partial charge in [0.1, 0.15) is 5.78 Å². The molecule has 0 amide bonds. The number of allylic oxidation sites excluding steroid dienone is 3.